The molecule has 0 spiro atoms. The minimum Gasteiger partial charge on any atom is -0.398 e. The third-order valence-corrected chi connectivity index (χ3v) is 2.51. The summed E-state index contributed by atoms with van der Waals surface area (Å²) >= 11 is 0. The van der Waals surface area contributed by atoms with Crippen molar-refractivity contribution in [2.75, 3.05) is 24.1 Å². The molecule has 5 N–H and O–H groups in total. The van der Waals surface area contributed by atoms with E-state index in [1.165, 1.54) is 0 Å². The zero-order valence-corrected chi connectivity index (χ0v) is 9.11. The van der Waals surface area contributed by atoms with E-state index in [2.05, 4.69) is 10.3 Å². The van der Waals surface area contributed by atoms with E-state index >= 15 is 0 Å². The molecule has 0 aliphatic rings. The van der Waals surface area contributed by atoms with Crippen molar-refractivity contribution in [3.05, 3.63) is 30.5 Å². The second kappa shape index (κ2) is 4.81. The first-order chi connectivity index (χ1) is 7.83. The quantitative estimate of drug-likeness (QED) is 0.535. The third-order valence-electron chi connectivity index (χ3n) is 2.51. The van der Waals surface area contributed by atoms with Crippen LogP contribution >= 0.6 is 0 Å². The van der Waals surface area contributed by atoms with Gasteiger partial charge in [-0.15, -0.1) is 0 Å². The number of aromatic nitrogens is 1. The van der Waals surface area contributed by atoms with Crippen LogP contribution in [0.3, 0.4) is 0 Å². The van der Waals surface area contributed by atoms with E-state index < -0.39 is 0 Å². The van der Waals surface area contributed by atoms with Crippen molar-refractivity contribution in [3.63, 3.8) is 0 Å². The molecule has 0 fully saturated rings. The van der Waals surface area contributed by atoms with Crippen LogP contribution in [0.15, 0.2) is 30.5 Å². The molecule has 0 radical (unpaired) electrons. The van der Waals surface area contributed by atoms with Crippen LogP contribution in [0.1, 0.15) is 6.42 Å². The zero-order chi connectivity index (χ0) is 11.4. The minimum absolute atomic E-state index is 0.680. The Morgan fingerprint density at radius 1 is 1.19 bits per heavy atom. The molecule has 0 unspecified atom stereocenters. The monoisotopic (exact) mass is 216 g/mol. The van der Waals surface area contributed by atoms with Crippen LogP contribution in [0, 0.1) is 0 Å². The van der Waals surface area contributed by atoms with Crippen LogP contribution < -0.4 is 16.8 Å². The van der Waals surface area contributed by atoms with Gasteiger partial charge < -0.3 is 16.8 Å². The summed E-state index contributed by atoms with van der Waals surface area (Å²) in [5, 5.41) is 5.36. The van der Waals surface area contributed by atoms with Gasteiger partial charge in [-0.1, -0.05) is 12.1 Å². The normalized spacial score (nSPS) is 10.6. The predicted molar refractivity (Wildman–Crippen MR) is 68.3 cm³/mol. The maximum atomic E-state index is 5.90. The smallest absolute Gasteiger partial charge is 0.133 e. The molecule has 16 heavy (non-hydrogen) atoms. The lowest BCUT2D eigenvalue weighted by Crippen LogP contribution is -2.09. The molecule has 4 nitrogen and oxygen atoms in total. The maximum absolute atomic E-state index is 5.90. The Kier molecular flexibility index (Phi) is 3.22. The first-order valence-electron chi connectivity index (χ1n) is 5.40. The number of hydrogen-bond donors (Lipinski definition) is 3. The van der Waals surface area contributed by atoms with Crippen molar-refractivity contribution in [2.24, 2.45) is 5.73 Å². The summed E-state index contributed by atoms with van der Waals surface area (Å²) in [6.45, 7) is 1.51. The van der Waals surface area contributed by atoms with Gasteiger partial charge in [-0.2, -0.15) is 0 Å². The molecule has 0 saturated carbocycles. The van der Waals surface area contributed by atoms with Gasteiger partial charge in [-0.25, -0.2) is 4.98 Å². The summed E-state index contributed by atoms with van der Waals surface area (Å²) in [4.78, 5) is 4.31. The van der Waals surface area contributed by atoms with Gasteiger partial charge in [-0.05, 0) is 25.1 Å². The van der Waals surface area contributed by atoms with E-state index in [1.807, 2.05) is 24.3 Å². The van der Waals surface area contributed by atoms with Crippen LogP contribution in [0.5, 0.6) is 0 Å². The predicted octanol–water partition coefficient (Wildman–Crippen LogP) is 1.58. The summed E-state index contributed by atoms with van der Waals surface area (Å²) in [6.07, 6.45) is 2.70. The Balaban J connectivity index is 2.34. The summed E-state index contributed by atoms with van der Waals surface area (Å²) in [7, 11) is 0. The molecule has 2 rings (SSSR count). The van der Waals surface area contributed by atoms with Crippen LogP contribution in [0.2, 0.25) is 0 Å². The van der Waals surface area contributed by atoms with Crippen molar-refractivity contribution in [1.29, 1.82) is 0 Å². The highest BCUT2D eigenvalue weighted by Crippen LogP contribution is 2.25. The second-order valence-electron chi connectivity index (χ2n) is 3.67. The average Bonchev–Trinajstić information content (AvgIpc) is 2.31. The number of nitrogens with two attached hydrogens (primary N) is 2. The Morgan fingerprint density at radius 2 is 2.06 bits per heavy atom. The van der Waals surface area contributed by atoms with Gasteiger partial charge in [-0.3, -0.25) is 0 Å². The standard InChI is InChI=1S/C12H16N4/c13-6-2-7-15-12-10-3-1-4-11(14)9(10)5-8-16-12/h1,3-5,8H,2,6-7,13-14H2,(H,15,16). The number of nitrogens with zero attached hydrogens (tertiary/aromatic N) is 1. The molecule has 84 valence electrons. The van der Waals surface area contributed by atoms with Crippen molar-refractivity contribution in [1.82, 2.24) is 4.98 Å². The first-order valence-corrected chi connectivity index (χ1v) is 5.40. The van der Waals surface area contributed by atoms with Crippen molar-refractivity contribution >= 4 is 22.3 Å². The lowest BCUT2D eigenvalue weighted by molar-refractivity contribution is 0.871. The molecule has 0 atom stereocenters. The minimum atomic E-state index is 0.680. The number of benzene rings is 1. The number of fused-ring (bicyclic) bond motifs is 1. The highest BCUT2D eigenvalue weighted by atomic mass is 15.0. The van der Waals surface area contributed by atoms with Crippen LogP contribution in [0.4, 0.5) is 11.5 Å². The lowest BCUT2D eigenvalue weighted by atomic mass is 10.1. The number of pyridine rings is 1. The SMILES string of the molecule is NCCCNc1nccc2c(N)cccc12. The summed E-state index contributed by atoms with van der Waals surface area (Å²) < 4.78 is 0. The fraction of sp³-hybridized carbons (Fsp3) is 0.250. The molecule has 1 heterocycles. The first kappa shape index (κ1) is 10.7. The molecule has 0 saturated heterocycles. The van der Waals surface area contributed by atoms with E-state index in [4.69, 9.17) is 11.5 Å². The van der Waals surface area contributed by atoms with Gasteiger partial charge in [0.25, 0.3) is 0 Å². The van der Waals surface area contributed by atoms with Crippen molar-refractivity contribution in [3.8, 4) is 0 Å². The molecule has 0 bridgehead atoms. The molecule has 0 aliphatic carbocycles. The Morgan fingerprint density at radius 3 is 2.88 bits per heavy atom. The second-order valence-corrected chi connectivity index (χ2v) is 3.67. The summed E-state index contributed by atoms with van der Waals surface area (Å²) in [5.74, 6) is 0.873. The molecular formula is C12H16N4. The number of anilines is 2. The van der Waals surface area contributed by atoms with Gasteiger partial charge in [0.15, 0.2) is 0 Å². The number of nitrogens with one attached hydrogen (secondary N) is 1. The highest BCUT2D eigenvalue weighted by molar-refractivity contribution is 5.99. The van der Waals surface area contributed by atoms with E-state index in [-0.39, 0.29) is 0 Å². The topological polar surface area (TPSA) is 77.0 Å². The zero-order valence-electron chi connectivity index (χ0n) is 9.11. The summed E-state index contributed by atoms with van der Waals surface area (Å²) in [6, 6.07) is 7.78. The molecule has 4 heteroatoms. The summed E-state index contributed by atoms with van der Waals surface area (Å²) in [5.41, 5.74) is 12.1. The Bertz CT molecular complexity index is 481. The molecule has 0 amide bonds. The van der Waals surface area contributed by atoms with Gasteiger partial charge in [0.1, 0.15) is 5.82 Å². The van der Waals surface area contributed by atoms with Gasteiger partial charge >= 0.3 is 0 Å². The van der Waals surface area contributed by atoms with Gasteiger partial charge in [0.2, 0.25) is 0 Å². The Hall–Kier alpha value is -1.81. The maximum Gasteiger partial charge on any atom is 0.133 e. The van der Waals surface area contributed by atoms with Crippen molar-refractivity contribution < 1.29 is 0 Å². The van der Waals surface area contributed by atoms with E-state index in [1.54, 1.807) is 6.20 Å². The van der Waals surface area contributed by atoms with Crippen LogP contribution in [-0.2, 0) is 0 Å². The van der Waals surface area contributed by atoms with Gasteiger partial charge in [0, 0.05) is 29.2 Å². The van der Waals surface area contributed by atoms with E-state index in [9.17, 15) is 0 Å². The fourth-order valence-corrected chi connectivity index (χ4v) is 1.68. The van der Waals surface area contributed by atoms with Crippen LogP contribution in [-0.4, -0.2) is 18.1 Å². The lowest BCUT2D eigenvalue weighted by Gasteiger charge is -2.09. The number of nitrogen functional groups attached to an aromatic ring is 1. The fourth-order valence-electron chi connectivity index (χ4n) is 1.68. The average molecular weight is 216 g/mol. The number of hydrogen-bond acceptors (Lipinski definition) is 4. The molecular weight excluding hydrogens is 200 g/mol. The largest absolute Gasteiger partial charge is 0.398 e. The van der Waals surface area contributed by atoms with Crippen LogP contribution in [0.25, 0.3) is 10.8 Å². The molecule has 0 aliphatic heterocycles. The Labute approximate surface area is 94.7 Å². The van der Waals surface area contributed by atoms with E-state index in [0.29, 0.717) is 6.54 Å². The van der Waals surface area contributed by atoms with Crippen molar-refractivity contribution in [2.45, 2.75) is 6.42 Å². The number of rotatable bonds is 4. The molecule has 1 aromatic carbocycles. The third kappa shape index (κ3) is 2.06. The highest BCUT2D eigenvalue weighted by Gasteiger charge is 2.02. The molecule has 2 aromatic rings. The molecule has 1 aromatic heterocycles. The van der Waals surface area contributed by atoms with Gasteiger partial charge in [0.05, 0.1) is 0 Å². The van der Waals surface area contributed by atoms with E-state index in [0.717, 1.165) is 35.2 Å².